The minimum absolute atomic E-state index is 0.181. The molecule has 2 saturated carbocycles. The minimum Gasteiger partial charge on any atom is -0.496 e. The highest BCUT2D eigenvalue weighted by molar-refractivity contribution is 5.86. The Balaban J connectivity index is 1.84. The van der Waals surface area contributed by atoms with Crippen molar-refractivity contribution in [1.82, 2.24) is 0 Å². The summed E-state index contributed by atoms with van der Waals surface area (Å²) >= 11 is 0. The van der Waals surface area contributed by atoms with E-state index < -0.39 is 0 Å². The quantitative estimate of drug-likeness (QED) is 0.772. The van der Waals surface area contributed by atoms with Crippen LogP contribution in [0.4, 0.5) is 0 Å². The van der Waals surface area contributed by atoms with Crippen LogP contribution in [0.5, 0.6) is 5.75 Å². The normalized spacial score (nSPS) is 31.7. The number of esters is 2. The Morgan fingerprint density at radius 3 is 2.58 bits per heavy atom. The van der Waals surface area contributed by atoms with Crippen molar-refractivity contribution in [3.8, 4) is 5.75 Å². The van der Waals surface area contributed by atoms with Gasteiger partial charge in [0.15, 0.2) is 0 Å². The molecule has 0 bridgehead atoms. The molecule has 140 valence electrons. The van der Waals surface area contributed by atoms with Crippen LogP contribution in [0.25, 0.3) is 0 Å². The van der Waals surface area contributed by atoms with Gasteiger partial charge in [0.2, 0.25) is 0 Å². The van der Waals surface area contributed by atoms with Crippen LogP contribution in [0.1, 0.15) is 50.5 Å². The van der Waals surface area contributed by atoms with Crippen LogP contribution < -0.4 is 4.74 Å². The molecule has 1 heterocycles. The first-order valence-corrected chi connectivity index (χ1v) is 9.64. The van der Waals surface area contributed by atoms with Gasteiger partial charge in [-0.2, -0.15) is 0 Å². The van der Waals surface area contributed by atoms with Gasteiger partial charge in [-0.1, -0.05) is 37.5 Å². The van der Waals surface area contributed by atoms with Crippen molar-refractivity contribution in [3.05, 3.63) is 29.8 Å². The molecule has 1 aromatic rings. The number of carbonyl (C=O) groups is 2. The van der Waals surface area contributed by atoms with Gasteiger partial charge in [0.25, 0.3) is 0 Å². The van der Waals surface area contributed by atoms with Gasteiger partial charge in [0.05, 0.1) is 19.6 Å². The van der Waals surface area contributed by atoms with Crippen LogP contribution in [0, 0.1) is 17.3 Å². The van der Waals surface area contributed by atoms with E-state index in [2.05, 4.69) is 0 Å². The van der Waals surface area contributed by atoms with E-state index in [0.29, 0.717) is 6.61 Å². The largest absolute Gasteiger partial charge is 0.496 e. The van der Waals surface area contributed by atoms with E-state index >= 15 is 0 Å². The Morgan fingerprint density at radius 2 is 1.92 bits per heavy atom. The van der Waals surface area contributed by atoms with E-state index in [-0.39, 0.29) is 41.2 Å². The fourth-order valence-corrected chi connectivity index (χ4v) is 5.61. The molecular weight excluding hydrogens is 332 g/mol. The summed E-state index contributed by atoms with van der Waals surface area (Å²) in [4.78, 5) is 25.5. The number of fused-ring (bicyclic) bond motifs is 2. The van der Waals surface area contributed by atoms with E-state index in [1.807, 2.05) is 31.2 Å². The second-order valence-electron chi connectivity index (χ2n) is 7.67. The van der Waals surface area contributed by atoms with Crippen molar-refractivity contribution >= 4 is 11.9 Å². The molecule has 0 radical (unpaired) electrons. The van der Waals surface area contributed by atoms with Crippen LogP contribution in [-0.2, 0) is 19.1 Å². The number of para-hydroxylation sites is 1. The van der Waals surface area contributed by atoms with Crippen LogP contribution >= 0.6 is 0 Å². The summed E-state index contributed by atoms with van der Waals surface area (Å²) in [5.74, 6) is -0.550. The van der Waals surface area contributed by atoms with Crippen LogP contribution in [0.3, 0.4) is 0 Å². The predicted octanol–water partition coefficient (Wildman–Crippen LogP) is 3.46. The van der Waals surface area contributed by atoms with Crippen LogP contribution in [-0.4, -0.2) is 31.8 Å². The zero-order chi connectivity index (χ0) is 18.3. The monoisotopic (exact) mass is 358 g/mol. The maximum absolute atomic E-state index is 13.1. The average molecular weight is 358 g/mol. The van der Waals surface area contributed by atoms with Crippen LogP contribution in [0.2, 0.25) is 0 Å². The van der Waals surface area contributed by atoms with Crippen molar-refractivity contribution < 1.29 is 23.8 Å². The molecule has 26 heavy (non-hydrogen) atoms. The zero-order valence-corrected chi connectivity index (χ0v) is 15.4. The topological polar surface area (TPSA) is 61.8 Å². The Hall–Kier alpha value is -2.04. The standard InChI is InChI=1S/C21H26O5/c1-3-25-20(23)17-15(13-9-5-6-10-14(13)24-2)16-18(26-19(16)22)21(17)11-7-4-8-12-21/h5-6,9-10,15-18H,3-4,7-8,11-12H2,1-2H3/t15-,16-,17+,18-/m0/s1. The lowest BCUT2D eigenvalue weighted by Crippen LogP contribution is -2.52. The van der Waals surface area contributed by atoms with E-state index in [4.69, 9.17) is 14.2 Å². The average Bonchev–Trinajstić information content (AvgIpc) is 2.87. The number of carbonyl (C=O) groups excluding carboxylic acids is 2. The van der Waals surface area contributed by atoms with Crippen molar-refractivity contribution in [2.75, 3.05) is 13.7 Å². The SMILES string of the molecule is CCOC(=O)[C@H]1[C@@H](c2ccccc2OC)[C@@H]2C(=O)O[C@@H]2C12CCCCC2. The maximum Gasteiger partial charge on any atom is 0.313 e. The molecule has 5 nitrogen and oxygen atoms in total. The third kappa shape index (κ3) is 2.36. The highest BCUT2D eigenvalue weighted by Crippen LogP contribution is 2.66. The summed E-state index contributed by atoms with van der Waals surface area (Å²) < 4.78 is 16.7. The molecule has 1 spiro atoms. The summed E-state index contributed by atoms with van der Waals surface area (Å²) in [7, 11) is 1.63. The first-order chi connectivity index (χ1) is 12.6. The summed E-state index contributed by atoms with van der Waals surface area (Å²) in [5, 5.41) is 0. The lowest BCUT2D eigenvalue weighted by atomic mass is 9.64. The second kappa shape index (κ2) is 6.60. The smallest absolute Gasteiger partial charge is 0.313 e. The van der Waals surface area contributed by atoms with Crippen molar-refractivity contribution in [2.24, 2.45) is 17.3 Å². The minimum atomic E-state index is -0.361. The van der Waals surface area contributed by atoms with Crippen LogP contribution in [0.15, 0.2) is 24.3 Å². The first kappa shape index (κ1) is 17.4. The van der Waals surface area contributed by atoms with Gasteiger partial charge in [-0.25, -0.2) is 0 Å². The second-order valence-corrected chi connectivity index (χ2v) is 7.67. The zero-order valence-electron chi connectivity index (χ0n) is 15.4. The van der Waals surface area contributed by atoms with E-state index in [1.165, 1.54) is 6.42 Å². The van der Waals surface area contributed by atoms with Gasteiger partial charge in [0, 0.05) is 11.3 Å². The molecule has 3 aliphatic rings. The molecule has 0 N–H and O–H groups in total. The fourth-order valence-electron chi connectivity index (χ4n) is 5.61. The number of hydrogen-bond donors (Lipinski definition) is 0. The third-order valence-corrected chi connectivity index (χ3v) is 6.60. The molecule has 5 heteroatoms. The molecule has 2 aliphatic carbocycles. The van der Waals surface area contributed by atoms with Crippen molar-refractivity contribution in [3.63, 3.8) is 0 Å². The molecule has 1 aliphatic heterocycles. The van der Waals surface area contributed by atoms with Gasteiger partial charge in [-0.3, -0.25) is 9.59 Å². The number of rotatable bonds is 4. The number of benzene rings is 1. The number of hydrogen-bond acceptors (Lipinski definition) is 5. The Bertz CT molecular complexity index is 706. The molecule has 0 unspecified atom stereocenters. The highest BCUT2D eigenvalue weighted by atomic mass is 16.6. The fraction of sp³-hybridized carbons (Fsp3) is 0.619. The van der Waals surface area contributed by atoms with Gasteiger partial charge >= 0.3 is 11.9 Å². The first-order valence-electron chi connectivity index (χ1n) is 9.64. The lowest BCUT2D eigenvalue weighted by Gasteiger charge is -2.45. The van der Waals surface area contributed by atoms with E-state index in [0.717, 1.165) is 37.0 Å². The Kier molecular flexibility index (Phi) is 4.41. The van der Waals surface area contributed by atoms with Gasteiger partial charge < -0.3 is 14.2 Å². The predicted molar refractivity (Wildman–Crippen MR) is 94.7 cm³/mol. The number of methoxy groups -OCH3 is 1. The van der Waals surface area contributed by atoms with E-state index in [1.54, 1.807) is 7.11 Å². The lowest BCUT2D eigenvalue weighted by molar-refractivity contribution is -0.197. The molecule has 0 amide bonds. The van der Waals surface area contributed by atoms with Crippen molar-refractivity contribution in [2.45, 2.75) is 51.0 Å². The molecule has 1 saturated heterocycles. The number of ether oxygens (including phenoxy) is 3. The summed E-state index contributed by atoms with van der Waals surface area (Å²) in [6, 6.07) is 7.71. The van der Waals surface area contributed by atoms with Crippen molar-refractivity contribution in [1.29, 1.82) is 0 Å². The molecule has 4 rings (SSSR count). The molecule has 1 aromatic carbocycles. The Morgan fingerprint density at radius 1 is 1.19 bits per heavy atom. The molecular formula is C21H26O5. The van der Waals surface area contributed by atoms with Gasteiger partial charge in [-0.15, -0.1) is 0 Å². The summed E-state index contributed by atoms with van der Waals surface area (Å²) in [6.45, 7) is 2.17. The molecule has 3 fully saturated rings. The summed E-state index contributed by atoms with van der Waals surface area (Å²) in [6.07, 6.45) is 4.94. The highest BCUT2D eigenvalue weighted by Gasteiger charge is 2.71. The Labute approximate surface area is 154 Å². The molecule has 0 aromatic heterocycles. The van der Waals surface area contributed by atoms with Gasteiger partial charge in [0.1, 0.15) is 17.8 Å². The van der Waals surface area contributed by atoms with Gasteiger partial charge in [-0.05, 0) is 31.4 Å². The van der Waals surface area contributed by atoms with E-state index in [9.17, 15) is 9.59 Å². The maximum atomic E-state index is 13.1. The summed E-state index contributed by atoms with van der Waals surface area (Å²) in [5.41, 5.74) is 0.622. The third-order valence-electron chi connectivity index (χ3n) is 6.60. The molecule has 4 atom stereocenters.